The summed E-state index contributed by atoms with van der Waals surface area (Å²) < 4.78 is 0. The van der Waals surface area contributed by atoms with Crippen molar-refractivity contribution in [1.29, 1.82) is 5.26 Å². The van der Waals surface area contributed by atoms with Crippen LogP contribution in [0.3, 0.4) is 0 Å². The summed E-state index contributed by atoms with van der Waals surface area (Å²) in [7, 11) is 0. The molecule has 0 spiro atoms. The van der Waals surface area contributed by atoms with Gasteiger partial charge in [-0.05, 0) is 6.42 Å². The van der Waals surface area contributed by atoms with Gasteiger partial charge in [-0.2, -0.15) is 5.26 Å². The summed E-state index contributed by atoms with van der Waals surface area (Å²) >= 11 is 10.7. The Bertz CT molecular complexity index is 131. The van der Waals surface area contributed by atoms with Crippen LogP contribution < -0.4 is 0 Å². The number of hydrogen-bond acceptors (Lipinski definition) is 2. The average molecular weight is 166 g/mol. The molecule has 0 bridgehead atoms. The number of nitriles is 1. The number of halogens is 2. The zero-order chi connectivity index (χ0) is 7.28. The highest BCUT2D eigenvalue weighted by Gasteiger charge is 2.09. The zero-order valence-electron chi connectivity index (χ0n) is 4.55. The number of alkyl halides is 2. The third-order valence-electron chi connectivity index (χ3n) is 0.720. The second-order valence-electron chi connectivity index (χ2n) is 1.48. The van der Waals surface area contributed by atoms with Crippen LogP contribution in [0.4, 0.5) is 0 Å². The summed E-state index contributed by atoms with van der Waals surface area (Å²) in [6.45, 7) is 0. The third-order valence-corrected chi connectivity index (χ3v) is 1.28. The molecule has 2 unspecified atom stereocenters. The Hall–Kier alpha value is -0.260. The molecule has 0 amide bonds. The number of hydrogen-bond donors (Lipinski definition) is 0. The van der Waals surface area contributed by atoms with Gasteiger partial charge in [-0.25, -0.2) is 0 Å². The van der Waals surface area contributed by atoms with Gasteiger partial charge in [0, 0.05) is 0 Å². The van der Waals surface area contributed by atoms with E-state index in [1.165, 1.54) is 0 Å². The quantitative estimate of drug-likeness (QED) is 0.468. The number of carbonyl (C=O) groups is 1. The van der Waals surface area contributed by atoms with Crippen LogP contribution in [0.2, 0.25) is 0 Å². The molecule has 2 nitrogen and oxygen atoms in total. The second kappa shape index (κ2) is 4.60. The van der Waals surface area contributed by atoms with Crippen molar-refractivity contribution in [1.82, 2.24) is 0 Å². The molecule has 2 atom stereocenters. The van der Waals surface area contributed by atoms with Crippen LogP contribution in [0, 0.1) is 11.3 Å². The van der Waals surface area contributed by atoms with E-state index in [9.17, 15) is 4.79 Å². The van der Waals surface area contributed by atoms with Crippen LogP contribution in [0.5, 0.6) is 0 Å². The van der Waals surface area contributed by atoms with Gasteiger partial charge in [0.15, 0.2) is 0 Å². The van der Waals surface area contributed by atoms with Crippen molar-refractivity contribution >= 4 is 29.5 Å². The fourth-order valence-electron chi connectivity index (χ4n) is 0.306. The van der Waals surface area contributed by atoms with E-state index in [4.69, 9.17) is 28.5 Å². The largest absolute Gasteiger partial charge is 0.302 e. The standard InChI is InChI=1S/C5H5Cl2NO/c6-4(2-8)1-5(7)3-9/h3-5H,1H2. The minimum atomic E-state index is -0.655. The van der Waals surface area contributed by atoms with Gasteiger partial charge in [-0.15, -0.1) is 23.2 Å². The van der Waals surface area contributed by atoms with E-state index in [1.807, 2.05) is 0 Å². The van der Waals surface area contributed by atoms with E-state index in [0.717, 1.165) is 0 Å². The van der Waals surface area contributed by atoms with Crippen molar-refractivity contribution < 1.29 is 4.79 Å². The molecular formula is C5H5Cl2NO. The molecule has 9 heavy (non-hydrogen) atoms. The van der Waals surface area contributed by atoms with Gasteiger partial charge in [-0.3, -0.25) is 0 Å². The van der Waals surface area contributed by atoms with Crippen molar-refractivity contribution in [3.63, 3.8) is 0 Å². The molecular weight excluding hydrogens is 161 g/mol. The summed E-state index contributed by atoms with van der Waals surface area (Å²) in [4.78, 5) is 9.86. The molecule has 0 radical (unpaired) electrons. The highest BCUT2D eigenvalue weighted by molar-refractivity contribution is 6.29. The van der Waals surface area contributed by atoms with Crippen molar-refractivity contribution in [2.24, 2.45) is 0 Å². The molecule has 0 aliphatic heterocycles. The first-order valence-electron chi connectivity index (χ1n) is 2.33. The van der Waals surface area contributed by atoms with Gasteiger partial charge in [0.2, 0.25) is 0 Å². The lowest BCUT2D eigenvalue weighted by Gasteiger charge is -1.98. The van der Waals surface area contributed by atoms with Crippen LogP contribution in [0.15, 0.2) is 0 Å². The molecule has 0 aliphatic rings. The lowest BCUT2D eigenvalue weighted by atomic mass is 10.2. The van der Waals surface area contributed by atoms with Crippen molar-refractivity contribution in [3.05, 3.63) is 0 Å². The maximum absolute atomic E-state index is 9.86. The normalized spacial score (nSPS) is 15.7. The van der Waals surface area contributed by atoms with E-state index in [1.54, 1.807) is 6.07 Å². The van der Waals surface area contributed by atoms with E-state index in [-0.39, 0.29) is 6.42 Å². The molecule has 0 aliphatic carbocycles. The highest BCUT2D eigenvalue weighted by Crippen LogP contribution is 2.07. The lowest BCUT2D eigenvalue weighted by Crippen LogP contribution is -2.07. The fraction of sp³-hybridized carbons (Fsp3) is 0.600. The SMILES string of the molecule is N#CC(Cl)CC(Cl)C=O. The third kappa shape index (κ3) is 4.26. The molecule has 0 heterocycles. The Balaban J connectivity index is 3.49. The van der Waals surface area contributed by atoms with Gasteiger partial charge in [0.1, 0.15) is 11.7 Å². The van der Waals surface area contributed by atoms with Crippen LogP contribution in [0.25, 0.3) is 0 Å². The number of nitrogens with zero attached hydrogens (tertiary/aromatic N) is 1. The molecule has 4 heteroatoms. The summed E-state index contributed by atoms with van der Waals surface area (Å²) in [5, 5.41) is 6.84. The molecule has 0 aromatic rings. The maximum atomic E-state index is 9.86. The van der Waals surface area contributed by atoms with Crippen LogP contribution in [-0.4, -0.2) is 17.0 Å². The van der Waals surface area contributed by atoms with Gasteiger partial charge in [0.25, 0.3) is 0 Å². The lowest BCUT2D eigenvalue weighted by molar-refractivity contribution is -0.107. The molecule has 0 N–H and O–H groups in total. The Morgan fingerprint density at radius 1 is 1.67 bits per heavy atom. The number of aldehydes is 1. The first-order valence-corrected chi connectivity index (χ1v) is 3.21. The number of carbonyl (C=O) groups excluding carboxylic acids is 1. The highest BCUT2D eigenvalue weighted by atomic mass is 35.5. The first kappa shape index (κ1) is 8.74. The van der Waals surface area contributed by atoms with Gasteiger partial charge in [0.05, 0.1) is 11.4 Å². The van der Waals surface area contributed by atoms with E-state index in [2.05, 4.69) is 0 Å². The first-order chi connectivity index (χ1) is 4.20. The maximum Gasteiger partial charge on any atom is 0.137 e. The molecule has 0 aromatic heterocycles. The van der Waals surface area contributed by atoms with Crippen LogP contribution >= 0.6 is 23.2 Å². The minimum Gasteiger partial charge on any atom is -0.302 e. The molecule has 50 valence electrons. The molecule has 0 saturated heterocycles. The molecule has 0 rings (SSSR count). The predicted molar refractivity (Wildman–Crippen MR) is 35.6 cm³/mol. The topological polar surface area (TPSA) is 40.9 Å². The van der Waals surface area contributed by atoms with Crippen LogP contribution in [0.1, 0.15) is 6.42 Å². The second-order valence-corrected chi connectivity index (χ2v) is 2.57. The van der Waals surface area contributed by atoms with E-state index < -0.39 is 10.8 Å². The Labute approximate surface area is 63.4 Å². The average Bonchev–Trinajstić information content (AvgIpc) is 1.87. The van der Waals surface area contributed by atoms with E-state index in [0.29, 0.717) is 6.29 Å². The molecule has 0 aromatic carbocycles. The van der Waals surface area contributed by atoms with E-state index >= 15 is 0 Å². The summed E-state index contributed by atoms with van der Waals surface area (Å²) in [6, 6.07) is 1.75. The van der Waals surface area contributed by atoms with Gasteiger partial charge < -0.3 is 4.79 Å². The fourth-order valence-corrected chi connectivity index (χ4v) is 0.767. The summed E-state index contributed by atoms with van der Waals surface area (Å²) in [5.74, 6) is 0. The smallest absolute Gasteiger partial charge is 0.137 e. The Kier molecular flexibility index (Phi) is 4.47. The molecule has 0 saturated carbocycles. The van der Waals surface area contributed by atoms with Crippen molar-refractivity contribution in [2.75, 3.05) is 0 Å². The summed E-state index contributed by atoms with van der Waals surface area (Å²) in [6.07, 6.45) is 0.775. The molecule has 0 fully saturated rings. The van der Waals surface area contributed by atoms with Gasteiger partial charge in [-0.1, -0.05) is 0 Å². The Morgan fingerprint density at radius 3 is 2.56 bits per heavy atom. The monoisotopic (exact) mass is 165 g/mol. The Morgan fingerprint density at radius 2 is 2.22 bits per heavy atom. The number of rotatable bonds is 3. The van der Waals surface area contributed by atoms with Crippen molar-refractivity contribution in [3.8, 4) is 6.07 Å². The van der Waals surface area contributed by atoms with Gasteiger partial charge >= 0.3 is 0 Å². The zero-order valence-corrected chi connectivity index (χ0v) is 6.06. The summed E-state index contributed by atoms with van der Waals surface area (Å²) in [5.41, 5.74) is 0. The minimum absolute atomic E-state index is 0.211. The van der Waals surface area contributed by atoms with Crippen LogP contribution in [-0.2, 0) is 4.79 Å². The predicted octanol–water partition coefficient (Wildman–Crippen LogP) is 1.31. The van der Waals surface area contributed by atoms with Crippen molar-refractivity contribution in [2.45, 2.75) is 17.2 Å².